The van der Waals surface area contributed by atoms with Gasteiger partial charge in [0.15, 0.2) is 0 Å². The minimum absolute atomic E-state index is 1.07. The third-order valence-corrected chi connectivity index (χ3v) is 0.979. The van der Waals surface area contributed by atoms with Gasteiger partial charge in [0.05, 0.1) is 0 Å². The van der Waals surface area contributed by atoms with Crippen LogP contribution in [0.1, 0.15) is 6.92 Å². The van der Waals surface area contributed by atoms with Gasteiger partial charge in [-0.05, 0) is 13.0 Å². The molecule has 0 fully saturated rings. The van der Waals surface area contributed by atoms with Gasteiger partial charge < -0.3 is 10.6 Å². The molecule has 2 N–H and O–H groups in total. The minimum atomic E-state index is 1.07. The first kappa shape index (κ1) is 7.98. The van der Waals surface area contributed by atoms with Crippen LogP contribution in [0, 0.1) is 0 Å². The standard InChI is InChI=1S/C5H15BN2/c1-2-7-3-4-8-5-6/h7-8H,2-6H2,1H3. The molecule has 0 saturated heterocycles. The summed E-state index contributed by atoms with van der Waals surface area (Å²) in [4.78, 5) is 0. The van der Waals surface area contributed by atoms with Gasteiger partial charge in [0.25, 0.3) is 0 Å². The van der Waals surface area contributed by atoms with E-state index in [0.717, 1.165) is 26.1 Å². The first-order valence-electron chi connectivity index (χ1n) is 3.33. The van der Waals surface area contributed by atoms with Crippen LogP contribution in [-0.4, -0.2) is 33.9 Å². The van der Waals surface area contributed by atoms with Gasteiger partial charge in [0.1, 0.15) is 7.85 Å². The SMILES string of the molecule is BCNCCNCC. The highest BCUT2D eigenvalue weighted by molar-refractivity contribution is 6.08. The van der Waals surface area contributed by atoms with Crippen molar-refractivity contribution in [2.24, 2.45) is 0 Å². The summed E-state index contributed by atoms with van der Waals surface area (Å²) in [6.45, 7) is 5.37. The Bertz CT molecular complexity index is 35.4. The fraction of sp³-hybridized carbons (Fsp3) is 1.00. The van der Waals surface area contributed by atoms with Crippen molar-refractivity contribution in [3.63, 3.8) is 0 Å². The molecule has 2 nitrogen and oxygen atoms in total. The van der Waals surface area contributed by atoms with E-state index in [1.807, 2.05) is 0 Å². The molecule has 3 heteroatoms. The summed E-state index contributed by atoms with van der Waals surface area (Å²) in [5.41, 5.74) is 0. The zero-order chi connectivity index (χ0) is 6.24. The average molecular weight is 114 g/mol. The van der Waals surface area contributed by atoms with E-state index in [9.17, 15) is 0 Å². The number of hydrogen-bond acceptors (Lipinski definition) is 2. The Labute approximate surface area is 52.5 Å². The lowest BCUT2D eigenvalue weighted by Crippen LogP contribution is -2.27. The van der Waals surface area contributed by atoms with Gasteiger partial charge in [-0.3, -0.25) is 0 Å². The van der Waals surface area contributed by atoms with Gasteiger partial charge in [-0.15, -0.1) is 0 Å². The van der Waals surface area contributed by atoms with Crippen LogP contribution >= 0.6 is 0 Å². The van der Waals surface area contributed by atoms with E-state index in [2.05, 4.69) is 25.4 Å². The van der Waals surface area contributed by atoms with E-state index in [0.29, 0.717) is 0 Å². The van der Waals surface area contributed by atoms with Crippen LogP contribution in [0.2, 0.25) is 0 Å². The molecule has 0 aromatic heterocycles. The van der Waals surface area contributed by atoms with E-state index in [4.69, 9.17) is 0 Å². The summed E-state index contributed by atoms with van der Waals surface area (Å²) in [6.07, 6.45) is 1.07. The summed E-state index contributed by atoms with van der Waals surface area (Å²) < 4.78 is 0. The second kappa shape index (κ2) is 6.98. The molecule has 0 aliphatic heterocycles. The van der Waals surface area contributed by atoms with Crippen molar-refractivity contribution in [3.8, 4) is 0 Å². The van der Waals surface area contributed by atoms with Crippen LogP contribution in [0.15, 0.2) is 0 Å². The van der Waals surface area contributed by atoms with E-state index in [1.165, 1.54) is 0 Å². The van der Waals surface area contributed by atoms with Gasteiger partial charge in [-0.2, -0.15) is 0 Å². The van der Waals surface area contributed by atoms with Crippen LogP contribution in [0.3, 0.4) is 0 Å². The molecular weight excluding hydrogens is 98.9 g/mol. The molecule has 0 heterocycles. The van der Waals surface area contributed by atoms with Crippen molar-refractivity contribution in [1.29, 1.82) is 0 Å². The highest BCUT2D eigenvalue weighted by Crippen LogP contribution is 1.54. The number of likely N-dealkylation sites (N-methyl/N-ethyl adjacent to an activating group) is 1. The summed E-state index contributed by atoms with van der Waals surface area (Å²) in [5.74, 6) is 0. The minimum Gasteiger partial charge on any atom is -0.323 e. The van der Waals surface area contributed by atoms with Crippen molar-refractivity contribution in [1.82, 2.24) is 10.6 Å². The number of nitrogens with one attached hydrogen (secondary N) is 2. The molecule has 0 rings (SSSR count). The molecule has 48 valence electrons. The maximum absolute atomic E-state index is 3.22. The fourth-order valence-electron chi connectivity index (χ4n) is 0.530. The van der Waals surface area contributed by atoms with Crippen molar-refractivity contribution < 1.29 is 0 Å². The zero-order valence-electron chi connectivity index (χ0n) is 5.83. The van der Waals surface area contributed by atoms with Crippen molar-refractivity contribution in [2.45, 2.75) is 6.92 Å². The number of hydrogen-bond donors (Lipinski definition) is 2. The summed E-state index contributed by atoms with van der Waals surface area (Å²) in [5, 5.41) is 6.44. The number of rotatable bonds is 5. The maximum Gasteiger partial charge on any atom is 0.119 e. The molecule has 0 unspecified atom stereocenters. The van der Waals surface area contributed by atoms with Crippen LogP contribution in [0.5, 0.6) is 0 Å². The highest BCUT2D eigenvalue weighted by Gasteiger charge is 1.79. The van der Waals surface area contributed by atoms with Gasteiger partial charge in [-0.25, -0.2) is 0 Å². The topological polar surface area (TPSA) is 24.1 Å². The fourth-order valence-corrected chi connectivity index (χ4v) is 0.530. The Balaban J connectivity index is 2.53. The normalized spacial score (nSPS) is 9.62. The van der Waals surface area contributed by atoms with Gasteiger partial charge in [0, 0.05) is 13.1 Å². The monoisotopic (exact) mass is 114 g/mol. The maximum atomic E-state index is 3.22. The van der Waals surface area contributed by atoms with E-state index >= 15 is 0 Å². The lowest BCUT2D eigenvalue weighted by atomic mass is 10.2. The van der Waals surface area contributed by atoms with Crippen LogP contribution in [0.25, 0.3) is 0 Å². The Hall–Kier alpha value is -0.0151. The predicted octanol–water partition coefficient (Wildman–Crippen LogP) is -1.22. The van der Waals surface area contributed by atoms with Crippen molar-refractivity contribution in [3.05, 3.63) is 0 Å². The molecule has 0 radical (unpaired) electrons. The van der Waals surface area contributed by atoms with Gasteiger partial charge in [0.2, 0.25) is 0 Å². The second-order valence-corrected chi connectivity index (χ2v) is 1.71. The Kier molecular flexibility index (Phi) is 6.97. The highest BCUT2D eigenvalue weighted by atomic mass is 14.9. The molecule has 0 aromatic rings. The third kappa shape index (κ3) is 5.98. The molecule has 0 saturated carbocycles. The largest absolute Gasteiger partial charge is 0.323 e. The first-order valence-corrected chi connectivity index (χ1v) is 3.33. The van der Waals surface area contributed by atoms with Crippen molar-refractivity contribution >= 4 is 7.85 Å². The van der Waals surface area contributed by atoms with Gasteiger partial charge >= 0.3 is 0 Å². The summed E-state index contributed by atoms with van der Waals surface area (Å²) in [6, 6.07) is 0. The molecule has 0 bridgehead atoms. The summed E-state index contributed by atoms with van der Waals surface area (Å²) in [7, 11) is 2.12. The average Bonchev–Trinajstić information content (AvgIpc) is 1.81. The molecule has 0 aliphatic carbocycles. The molecule has 0 aromatic carbocycles. The quantitative estimate of drug-likeness (QED) is 0.345. The van der Waals surface area contributed by atoms with E-state index < -0.39 is 0 Å². The second-order valence-electron chi connectivity index (χ2n) is 1.71. The molecular formula is C5H15BN2. The smallest absolute Gasteiger partial charge is 0.119 e. The molecule has 0 aliphatic rings. The van der Waals surface area contributed by atoms with Crippen LogP contribution < -0.4 is 10.6 Å². The molecule has 0 spiro atoms. The lowest BCUT2D eigenvalue weighted by Gasteiger charge is -1.99. The molecule has 0 amide bonds. The predicted molar refractivity (Wildman–Crippen MR) is 40.0 cm³/mol. The molecule has 0 atom stereocenters. The van der Waals surface area contributed by atoms with Crippen molar-refractivity contribution in [2.75, 3.05) is 26.1 Å². The lowest BCUT2D eigenvalue weighted by molar-refractivity contribution is 0.664. The van der Waals surface area contributed by atoms with E-state index in [-0.39, 0.29) is 0 Å². The van der Waals surface area contributed by atoms with Crippen LogP contribution in [0.4, 0.5) is 0 Å². The molecule has 8 heavy (non-hydrogen) atoms. The third-order valence-electron chi connectivity index (χ3n) is 0.979. The van der Waals surface area contributed by atoms with E-state index in [1.54, 1.807) is 0 Å². The first-order chi connectivity index (χ1) is 3.91. The Morgan fingerprint density at radius 2 is 1.88 bits per heavy atom. The summed E-state index contributed by atoms with van der Waals surface area (Å²) >= 11 is 0. The zero-order valence-corrected chi connectivity index (χ0v) is 5.83. The Morgan fingerprint density at radius 1 is 1.25 bits per heavy atom. The Morgan fingerprint density at radius 3 is 2.38 bits per heavy atom. The van der Waals surface area contributed by atoms with Crippen LogP contribution in [-0.2, 0) is 0 Å². The van der Waals surface area contributed by atoms with Gasteiger partial charge in [-0.1, -0.05) is 6.92 Å².